The second-order valence-electron chi connectivity index (χ2n) is 2.62. The second kappa shape index (κ2) is 2.54. The molecule has 0 aliphatic carbocycles. The van der Waals surface area contributed by atoms with E-state index in [1.807, 2.05) is 4.90 Å². The Hall–Kier alpha value is -1.03. The molecule has 0 spiro atoms. The molecule has 4 heteroatoms. The van der Waals surface area contributed by atoms with Crippen molar-refractivity contribution in [1.82, 2.24) is 4.98 Å². The van der Waals surface area contributed by atoms with Gasteiger partial charge in [-0.3, -0.25) is 0 Å². The van der Waals surface area contributed by atoms with E-state index in [9.17, 15) is 0 Å². The topological polar surface area (TPSA) is 49.5 Å². The molecule has 1 fully saturated rings. The predicted molar refractivity (Wildman–Crippen MR) is 39.3 cm³/mol. The van der Waals surface area contributed by atoms with Crippen LogP contribution >= 0.6 is 0 Å². The Morgan fingerprint density at radius 2 is 2.45 bits per heavy atom. The van der Waals surface area contributed by atoms with E-state index in [0.717, 1.165) is 13.1 Å². The summed E-state index contributed by atoms with van der Waals surface area (Å²) in [4.78, 5) is 6.10. The van der Waals surface area contributed by atoms with Crippen LogP contribution in [-0.4, -0.2) is 23.2 Å². The van der Waals surface area contributed by atoms with E-state index in [2.05, 4.69) is 4.98 Å². The number of hydrogen-bond acceptors (Lipinski definition) is 4. The molecule has 60 valence electrons. The number of oxazole rings is 1. The largest absolute Gasteiger partial charge is 0.432 e. The average molecular weight is 154 g/mol. The average Bonchev–Trinajstić information content (AvgIpc) is 2.32. The van der Waals surface area contributed by atoms with Gasteiger partial charge in [-0.2, -0.15) is 4.98 Å². The van der Waals surface area contributed by atoms with Gasteiger partial charge < -0.3 is 14.4 Å². The predicted octanol–water partition coefficient (Wildman–Crippen LogP) is 0.377. The normalized spacial score (nSPS) is 16.6. The molecule has 2 heterocycles. The van der Waals surface area contributed by atoms with E-state index in [1.165, 1.54) is 12.7 Å². The van der Waals surface area contributed by atoms with Crippen LogP contribution in [0.15, 0.2) is 10.7 Å². The van der Waals surface area contributed by atoms with Crippen LogP contribution in [0.3, 0.4) is 0 Å². The molecular weight excluding hydrogens is 144 g/mol. The van der Waals surface area contributed by atoms with E-state index >= 15 is 0 Å². The quantitative estimate of drug-likeness (QED) is 0.669. The van der Waals surface area contributed by atoms with E-state index in [1.54, 1.807) is 0 Å². The third kappa shape index (κ3) is 1.09. The first-order chi connectivity index (χ1) is 5.40. The standard InChI is InChI=1S/C7H10N2O2/c10-4-6-5-11-7(8-6)9-2-1-3-9/h5,10H,1-4H2. The van der Waals surface area contributed by atoms with Crippen LogP contribution in [0.25, 0.3) is 0 Å². The second-order valence-corrected chi connectivity index (χ2v) is 2.62. The summed E-state index contributed by atoms with van der Waals surface area (Å²) in [6.45, 7) is 1.99. The van der Waals surface area contributed by atoms with Gasteiger partial charge in [-0.1, -0.05) is 0 Å². The van der Waals surface area contributed by atoms with Gasteiger partial charge in [0.25, 0.3) is 6.01 Å². The number of hydrogen-bond donors (Lipinski definition) is 1. The molecule has 0 bridgehead atoms. The molecule has 0 unspecified atom stereocenters. The van der Waals surface area contributed by atoms with E-state index in [-0.39, 0.29) is 6.61 Å². The summed E-state index contributed by atoms with van der Waals surface area (Å²) < 4.78 is 5.11. The van der Waals surface area contributed by atoms with Gasteiger partial charge in [0, 0.05) is 13.1 Å². The first-order valence-corrected chi connectivity index (χ1v) is 3.70. The molecule has 11 heavy (non-hydrogen) atoms. The van der Waals surface area contributed by atoms with Crippen LogP contribution in [0, 0.1) is 0 Å². The fourth-order valence-electron chi connectivity index (χ4n) is 1.02. The van der Waals surface area contributed by atoms with Gasteiger partial charge in [0.1, 0.15) is 12.0 Å². The van der Waals surface area contributed by atoms with Crippen molar-refractivity contribution in [2.45, 2.75) is 13.0 Å². The van der Waals surface area contributed by atoms with Crippen molar-refractivity contribution in [3.8, 4) is 0 Å². The van der Waals surface area contributed by atoms with Crippen molar-refractivity contribution < 1.29 is 9.52 Å². The van der Waals surface area contributed by atoms with Crippen molar-refractivity contribution in [3.05, 3.63) is 12.0 Å². The Balaban J connectivity index is 2.11. The fraction of sp³-hybridized carbons (Fsp3) is 0.571. The van der Waals surface area contributed by atoms with Gasteiger partial charge in [-0.05, 0) is 6.42 Å². The number of nitrogens with zero attached hydrogens (tertiary/aromatic N) is 2. The summed E-state index contributed by atoms with van der Waals surface area (Å²) in [5.41, 5.74) is 0.604. The molecule has 4 nitrogen and oxygen atoms in total. The fourth-order valence-corrected chi connectivity index (χ4v) is 1.02. The van der Waals surface area contributed by atoms with E-state index < -0.39 is 0 Å². The SMILES string of the molecule is OCc1coc(N2CCC2)n1. The highest BCUT2D eigenvalue weighted by Crippen LogP contribution is 2.18. The monoisotopic (exact) mass is 154 g/mol. The molecule has 1 aliphatic heterocycles. The van der Waals surface area contributed by atoms with Crippen molar-refractivity contribution in [2.75, 3.05) is 18.0 Å². The smallest absolute Gasteiger partial charge is 0.297 e. The molecule has 0 aromatic carbocycles. The van der Waals surface area contributed by atoms with Gasteiger partial charge in [-0.15, -0.1) is 0 Å². The van der Waals surface area contributed by atoms with Gasteiger partial charge in [-0.25, -0.2) is 0 Å². The molecule has 1 aromatic heterocycles. The van der Waals surface area contributed by atoms with Gasteiger partial charge in [0.15, 0.2) is 0 Å². The zero-order valence-corrected chi connectivity index (χ0v) is 6.16. The Labute approximate surface area is 64.5 Å². The van der Waals surface area contributed by atoms with Crippen LogP contribution < -0.4 is 4.90 Å². The van der Waals surface area contributed by atoms with Gasteiger partial charge in [0.05, 0.1) is 6.61 Å². The molecule has 2 rings (SSSR count). The Kier molecular flexibility index (Phi) is 1.54. The summed E-state index contributed by atoms with van der Waals surface area (Å²) in [6.07, 6.45) is 2.70. The van der Waals surface area contributed by atoms with Crippen LogP contribution in [0.2, 0.25) is 0 Å². The summed E-state index contributed by atoms with van der Waals surface area (Å²) in [5.74, 6) is 0. The molecule has 1 aliphatic rings. The lowest BCUT2D eigenvalue weighted by molar-refractivity contribution is 0.276. The number of rotatable bonds is 2. The molecule has 1 saturated heterocycles. The number of aliphatic hydroxyl groups excluding tert-OH is 1. The lowest BCUT2D eigenvalue weighted by Crippen LogP contribution is -2.37. The van der Waals surface area contributed by atoms with Crippen molar-refractivity contribution >= 4 is 6.01 Å². The zero-order chi connectivity index (χ0) is 7.68. The summed E-state index contributed by atoms with van der Waals surface area (Å²) >= 11 is 0. The lowest BCUT2D eigenvalue weighted by atomic mass is 10.2. The molecule has 1 aromatic rings. The maximum absolute atomic E-state index is 8.68. The molecule has 1 N–H and O–H groups in total. The lowest BCUT2D eigenvalue weighted by Gasteiger charge is -2.28. The molecular formula is C7H10N2O2. The van der Waals surface area contributed by atoms with E-state index in [0.29, 0.717) is 11.7 Å². The minimum Gasteiger partial charge on any atom is -0.432 e. The number of aromatic nitrogens is 1. The zero-order valence-electron chi connectivity index (χ0n) is 6.16. The van der Waals surface area contributed by atoms with Crippen LogP contribution in [0.5, 0.6) is 0 Å². The Bertz CT molecular complexity index is 242. The minimum atomic E-state index is -0.0443. The minimum absolute atomic E-state index is 0.0443. The molecule has 0 atom stereocenters. The highest BCUT2D eigenvalue weighted by atomic mass is 16.4. The van der Waals surface area contributed by atoms with Crippen molar-refractivity contribution in [3.63, 3.8) is 0 Å². The molecule has 0 radical (unpaired) electrons. The van der Waals surface area contributed by atoms with Gasteiger partial charge in [0.2, 0.25) is 0 Å². The molecule has 0 amide bonds. The van der Waals surface area contributed by atoms with Crippen molar-refractivity contribution in [1.29, 1.82) is 0 Å². The van der Waals surface area contributed by atoms with Crippen LogP contribution in [-0.2, 0) is 6.61 Å². The number of anilines is 1. The van der Waals surface area contributed by atoms with Crippen molar-refractivity contribution in [2.24, 2.45) is 0 Å². The highest BCUT2D eigenvalue weighted by molar-refractivity contribution is 5.29. The first-order valence-electron chi connectivity index (χ1n) is 3.70. The third-order valence-electron chi connectivity index (χ3n) is 1.83. The third-order valence-corrected chi connectivity index (χ3v) is 1.83. The summed E-state index contributed by atoms with van der Waals surface area (Å²) in [5, 5.41) is 8.68. The van der Waals surface area contributed by atoms with E-state index in [4.69, 9.17) is 9.52 Å². The summed E-state index contributed by atoms with van der Waals surface area (Å²) in [6, 6.07) is 0.639. The van der Waals surface area contributed by atoms with Crippen LogP contribution in [0.4, 0.5) is 6.01 Å². The highest BCUT2D eigenvalue weighted by Gasteiger charge is 2.18. The number of aliphatic hydroxyl groups is 1. The first kappa shape index (κ1) is 6.67. The summed E-state index contributed by atoms with van der Waals surface area (Å²) in [7, 11) is 0. The molecule has 0 saturated carbocycles. The maximum Gasteiger partial charge on any atom is 0.297 e. The maximum atomic E-state index is 8.68. The Morgan fingerprint density at radius 3 is 2.91 bits per heavy atom. The Morgan fingerprint density at radius 1 is 1.64 bits per heavy atom. The van der Waals surface area contributed by atoms with Gasteiger partial charge >= 0.3 is 0 Å². The van der Waals surface area contributed by atoms with Crippen LogP contribution in [0.1, 0.15) is 12.1 Å².